The van der Waals surface area contributed by atoms with Gasteiger partial charge in [-0.15, -0.1) is 0 Å². The second-order valence-electron chi connectivity index (χ2n) is 2.12. The van der Waals surface area contributed by atoms with Gasteiger partial charge in [0.1, 0.15) is 0 Å². The second kappa shape index (κ2) is 7.18. The molecule has 0 aliphatic rings. The highest BCUT2D eigenvalue weighted by molar-refractivity contribution is 5.75. The summed E-state index contributed by atoms with van der Waals surface area (Å²) in [7, 11) is 0. The lowest BCUT2D eigenvalue weighted by atomic mass is 10.2. The highest BCUT2D eigenvalue weighted by Crippen LogP contribution is 1.95. The molecule has 0 radical (unpaired) electrons. The molecule has 0 saturated heterocycles. The number of unbranched alkanes of at least 4 members (excludes halogenated alkanes) is 1. The molecule has 0 heterocycles. The molecule has 2 heteroatoms. The van der Waals surface area contributed by atoms with Gasteiger partial charge in [-0.1, -0.05) is 19.8 Å². The summed E-state index contributed by atoms with van der Waals surface area (Å²) in [6, 6.07) is 0.403. The fraction of sp³-hybridized carbons (Fsp3) is 1.00. The molecule has 52 valence electrons. The van der Waals surface area contributed by atoms with E-state index in [1.807, 2.05) is 0 Å². The summed E-state index contributed by atoms with van der Waals surface area (Å²) in [6.45, 7) is 4.23. The van der Waals surface area contributed by atoms with Crippen LogP contribution in [0.2, 0.25) is 0 Å². The van der Waals surface area contributed by atoms with Crippen LogP contribution >= 0.6 is 0 Å². The van der Waals surface area contributed by atoms with Gasteiger partial charge in [0.25, 0.3) is 0 Å². The Morgan fingerprint density at radius 3 is 2.12 bits per heavy atom. The first-order valence-electron chi connectivity index (χ1n) is 3.03. The Bertz CT molecular complexity index is 37.5. The first-order valence-corrected chi connectivity index (χ1v) is 3.03. The molecule has 0 aromatic carbocycles. The fourth-order valence-corrected chi connectivity index (χ4v) is 0.526. The molecule has 8 heavy (non-hydrogen) atoms. The Morgan fingerprint density at radius 1 is 1.50 bits per heavy atom. The van der Waals surface area contributed by atoms with Crippen LogP contribution in [-0.4, -0.2) is 17.0 Å². The van der Waals surface area contributed by atoms with Crippen molar-refractivity contribution in [2.45, 2.75) is 39.2 Å². The molecule has 0 aromatic rings. The second-order valence-corrected chi connectivity index (χ2v) is 2.12. The van der Waals surface area contributed by atoms with Crippen molar-refractivity contribution in [1.29, 1.82) is 0 Å². The SMILES string of the molecule is CCCCC(C)N.[SiH4]. The maximum Gasteiger partial charge on any atom is 0.00104 e. The van der Waals surface area contributed by atoms with Gasteiger partial charge in [0.2, 0.25) is 0 Å². The van der Waals surface area contributed by atoms with Crippen LogP contribution in [0.1, 0.15) is 33.1 Å². The van der Waals surface area contributed by atoms with Gasteiger partial charge in [0.15, 0.2) is 0 Å². The number of nitrogens with two attached hydrogens (primary N) is 1. The fourth-order valence-electron chi connectivity index (χ4n) is 0.526. The Morgan fingerprint density at radius 2 is 2.00 bits per heavy atom. The van der Waals surface area contributed by atoms with E-state index < -0.39 is 0 Å². The quantitative estimate of drug-likeness (QED) is 0.542. The van der Waals surface area contributed by atoms with E-state index in [1.165, 1.54) is 19.3 Å². The minimum Gasteiger partial charge on any atom is -0.328 e. The molecule has 0 aliphatic carbocycles. The molecule has 0 aliphatic heterocycles. The van der Waals surface area contributed by atoms with Crippen molar-refractivity contribution in [2.24, 2.45) is 5.73 Å². The maximum absolute atomic E-state index is 5.48. The minimum absolute atomic E-state index is 0. The predicted molar refractivity (Wildman–Crippen MR) is 44.5 cm³/mol. The zero-order valence-electron chi connectivity index (χ0n) is 5.28. The van der Waals surface area contributed by atoms with E-state index in [2.05, 4.69) is 13.8 Å². The lowest BCUT2D eigenvalue weighted by Crippen LogP contribution is -2.13. The van der Waals surface area contributed by atoms with Crippen molar-refractivity contribution in [2.75, 3.05) is 0 Å². The molecule has 1 unspecified atom stereocenters. The predicted octanol–water partition coefficient (Wildman–Crippen LogP) is 0.0722. The Labute approximate surface area is 56.7 Å². The zero-order chi connectivity index (χ0) is 5.70. The Hall–Kier alpha value is 0.177. The van der Waals surface area contributed by atoms with Crippen molar-refractivity contribution in [1.82, 2.24) is 0 Å². The van der Waals surface area contributed by atoms with Crippen LogP contribution in [0, 0.1) is 0 Å². The van der Waals surface area contributed by atoms with Gasteiger partial charge in [0.05, 0.1) is 0 Å². The normalized spacial score (nSPS) is 12.4. The van der Waals surface area contributed by atoms with Gasteiger partial charge < -0.3 is 5.73 Å². The molecule has 1 nitrogen and oxygen atoms in total. The van der Waals surface area contributed by atoms with Crippen LogP contribution in [0.3, 0.4) is 0 Å². The average molecular weight is 133 g/mol. The largest absolute Gasteiger partial charge is 0.328 e. The average Bonchev–Trinajstić information content (AvgIpc) is 1.61. The van der Waals surface area contributed by atoms with E-state index in [1.54, 1.807) is 0 Å². The Balaban J connectivity index is 0. The summed E-state index contributed by atoms with van der Waals surface area (Å²) < 4.78 is 0. The van der Waals surface area contributed by atoms with Crippen molar-refractivity contribution in [3.05, 3.63) is 0 Å². The summed E-state index contributed by atoms with van der Waals surface area (Å²) in [6.07, 6.45) is 3.72. The first kappa shape index (κ1) is 11.0. The zero-order valence-corrected chi connectivity index (χ0v) is 5.28. The summed E-state index contributed by atoms with van der Waals surface area (Å²) in [5.41, 5.74) is 5.48. The van der Waals surface area contributed by atoms with Crippen molar-refractivity contribution in [3.8, 4) is 0 Å². The lowest BCUT2D eigenvalue weighted by Gasteiger charge is -1.99. The van der Waals surface area contributed by atoms with Crippen LogP contribution in [0.5, 0.6) is 0 Å². The molecule has 0 saturated carbocycles. The van der Waals surface area contributed by atoms with Crippen LogP contribution in [0.4, 0.5) is 0 Å². The number of rotatable bonds is 3. The molecule has 0 spiro atoms. The monoisotopic (exact) mass is 133 g/mol. The van der Waals surface area contributed by atoms with Gasteiger partial charge in [0, 0.05) is 6.04 Å². The molecule has 0 fully saturated rings. The third kappa shape index (κ3) is 9.49. The number of hydrogen-bond acceptors (Lipinski definition) is 1. The third-order valence-electron chi connectivity index (χ3n) is 1.01. The molecule has 0 amide bonds. The van der Waals surface area contributed by atoms with Crippen LogP contribution in [-0.2, 0) is 0 Å². The summed E-state index contributed by atoms with van der Waals surface area (Å²) in [5, 5.41) is 0. The van der Waals surface area contributed by atoms with E-state index in [0.717, 1.165) is 0 Å². The van der Waals surface area contributed by atoms with Crippen molar-refractivity contribution < 1.29 is 0 Å². The third-order valence-corrected chi connectivity index (χ3v) is 1.01. The minimum atomic E-state index is 0. The molecular weight excluding hydrogens is 114 g/mol. The smallest absolute Gasteiger partial charge is 0.00104 e. The number of hydrogen-bond donors (Lipinski definition) is 1. The summed E-state index contributed by atoms with van der Waals surface area (Å²) in [4.78, 5) is 0. The van der Waals surface area contributed by atoms with Crippen LogP contribution in [0.25, 0.3) is 0 Å². The Kier molecular flexibility index (Phi) is 9.90. The van der Waals surface area contributed by atoms with Crippen molar-refractivity contribution >= 4 is 11.0 Å². The van der Waals surface area contributed by atoms with Crippen LogP contribution in [0.15, 0.2) is 0 Å². The lowest BCUT2D eigenvalue weighted by molar-refractivity contribution is 0.616. The van der Waals surface area contributed by atoms with Gasteiger partial charge >= 0.3 is 0 Å². The first-order chi connectivity index (χ1) is 3.27. The molecule has 0 rings (SSSR count). The van der Waals surface area contributed by atoms with E-state index in [-0.39, 0.29) is 11.0 Å². The van der Waals surface area contributed by atoms with Gasteiger partial charge in [-0.3, -0.25) is 0 Å². The highest BCUT2D eigenvalue weighted by Gasteiger charge is 1.88. The van der Waals surface area contributed by atoms with E-state index >= 15 is 0 Å². The standard InChI is InChI=1S/C6H15N.H4Si/c1-3-4-5-6(2)7;/h6H,3-5,7H2,1-2H3;1H4. The maximum atomic E-state index is 5.48. The van der Waals surface area contributed by atoms with Gasteiger partial charge in [-0.25, -0.2) is 0 Å². The van der Waals surface area contributed by atoms with Crippen molar-refractivity contribution in [3.63, 3.8) is 0 Å². The van der Waals surface area contributed by atoms with Gasteiger partial charge in [-0.05, 0) is 24.3 Å². The van der Waals surface area contributed by atoms with E-state index in [4.69, 9.17) is 5.73 Å². The molecular formula is C6H19NSi. The van der Waals surface area contributed by atoms with E-state index in [9.17, 15) is 0 Å². The molecule has 2 N–H and O–H groups in total. The topological polar surface area (TPSA) is 26.0 Å². The van der Waals surface area contributed by atoms with E-state index in [0.29, 0.717) is 6.04 Å². The summed E-state index contributed by atoms with van der Waals surface area (Å²) >= 11 is 0. The molecule has 0 aromatic heterocycles. The summed E-state index contributed by atoms with van der Waals surface area (Å²) in [5.74, 6) is 0. The molecule has 0 bridgehead atoms. The molecule has 1 atom stereocenters. The van der Waals surface area contributed by atoms with Crippen LogP contribution < -0.4 is 5.73 Å². The van der Waals surface area contributed by atoms with Gasteiger partial charge in [-0.2, -0.15) is 0 Å². The highest BCUT2D eigenvalue weighted by atomic mass is 28.1.